The van der Waals surface area contributed by atoms with Gasteiger partial charge in [-0.2, -0.15) is 0 Å². The number of furan rings is 2. The van der Waals surface area contributed by atoms with Crippen molar-refractivity contribution in [3.63, 3.8) is 0 Å². The molecule has 0 unspecified atom stereocenters. The lowest BCUT2D eigenvalue weighted by molar-refractivity contribution is 0.588. The van der Waals surface area contributed by atoms with E-state index in [2.05, 4.69) is 356 Å². The SMILES string of the molecule is CC(C)c1ccc2c(c1)oc1c3c(cc(N(c4ccc(C(C)(C)C)cc4)c4ccc(C(C)(C)C)cc4)c12)C(c1ccc(C(C)(C)C)cc1)(c1ccc(C(C)(C)C)cc1)c1cc(N(c2ccc(C(C)(C)C)cc2)c2ccc(C(C)(C)C)cc2)c2oc4cc(C(C)C)ccc4c2c1-3. The van der Waals surface area contributed by atoms with Gasteiger partial charge in [-0.1, -0.05) is 274 Å². The van der Waals surface area contributed by atoms with Gasteiger partial charge in [0.1, 0.15) is 16.7 Å². The van der Waals surface area contributed by atoms with Gasteiger partial charge in [0.2, 0.25) is 0 Å². The molecule has 0 amide bonds. The summed E-state index contributed by atoms with van der Waals surface area (Å²) in [7, 11) is 0. The largest absolute Gasteiger partial charge is 0.455 e. The van der Waals surface area contributed by atoms with Crippen molar-refractivity contribution in [3.8, 4) is 11.1 Å². The Labute approximate surface area is 567 Å². The Bertz CT molecular complexity index is 4700. The molecule has 2 heterocycles. The minimum atomic E-state index is -0.970. The number of nitrogens with zero attached hydrogens (tertiary/aromatic N) is 2. The van der Waals surface area contributed by atoms with Crippen molar-refractivity contribution in [1.29, 1.82) is 0 Å². The quantitative estimate of drug-likeness (QED) is 0.137. The van der Waals surface area contributed by atoms with E-state index < -0.39 is 5.41 Å². The average molecular weight is 1250 g/mol. The highest BCUT2D eigenvalue weighted by Gasteiger charge is 2.51. The number of benzene rings is 10. The van der Waals surface area contributed by atoms with E-state index in [9.17, 15) is 0 Å². The standard InChI is InChI=1S/C91H100N2O2/c1-55(2)57-23-49-71-77(51-57)95-84-79(71)75(92(67-41-33-61(34-42-67)87(11,12)13)68-43-35-62(36-44-68)88(14,15)16)53-74-82(84)81-73(91(74,65-29-25-59(26-30-65)85(5,6)7)66-31-27-60(28-32-66)86(8,9)10)54-76(83-80(81)72-50-24-58(56(3)4)52-78(72)94-83)93(69-45-37-63(38-46-69)89(17,18)19)70-47-39-64(40-48-70)90(20,21)22/h23-56H,1-22H3. The molecule has 0 saturated carbocycles. The van der Waals surface area contributed by atoms with Crippen LogP contribution in [0, 0.1) is 0 Å². The number of hydrogen-bond donors (Lipinski definition) is 0. The lowest BCUT2D eigenvalue weighted by Gasteiger charge is -2.37. The minimum Gasteiger partial charge on any atom is -0.455 e. The van der Waals surface area contributed by atoms with Crippen LogP contribution in [0.1, 0.15) is 231 Å². The van der Waals surface area contributed by atoms with Gasteiger partial charge in [0.15, 0.2) is 5.58 Å². The Balaban J connectivity index is 1.28. The van der Waals surface area contributed by atoms with E-state index in [0.717, 1.165) is 100 Å². The highest BCUT2D eigenvalue weighted by atomic mass is 16.3. The van der Waals surface area contributed by atoms with Gasteiger partial charge < -0.3 is 18.6 Å². The van der Waals surface area contributed by atoms with E-state index in [1.165, 1.54) is 55.6 Å². The summed E-state index contributed by atoms with van der Waals surface area (Å²) in [5.41, 5.74) is 25.2. The van der Waals surface area contributed by atoms with E-state index in [1.807, 2.05) is 0 Å². The van der Waals surface area contributed by atoms with Crippen LogP contribution in [0.2, 0.25) is 0 Å². The third kappa shape index (κ3) is 11.3. The fourth-order valence-corrected chi connectivity index (χ4v) is 14.7. The van der Waals surface area contributed by atoms with Crippen molar-refractivity contribution in [1.82, 2.24) is 0 Å². The summed E-state index contributed by atoms with van der Waals surface area (Å²) in [6.45, 7) is 50.7. The molecule has 95 heavy (non-hydrogen) atoms. The first-order valence-corrected chi connectivity index (χ1v) is 34.9. The molecule has 0 spiro atoms. The summed E-state index contributed by atoms with van der Waals surface area (Å²) in [6.07, 6.45) is 0. The van der Waals surface area contributed by atoms with Crippen molar-refractivity contribution in [2.24, 2.45) is 0 Å². The Morgan fingerprint density at radius 1 is 0.295 bits per heavy atom. The molecule has 4 nitrogen and oxygen atoms in total. The second-order valence-corrected chi connectivity index (χ2v) is 34.3. The molecule has 1 aliphatic rings. The van der Waals surface area contributed by atoms with Crippen LogP contribution in [0.5, 0.6) is 0 Å². The maximum atomic E-state index is 7.94. The van der Waals surface area contributed by atoms with Gasteiger partial charge in [0.05, 0.1) is 22.2 Å². The van der Waals surface area contributed by atoms with Crippen molar-refractivity contribution < 1.29 is 8.83 Å². The molecule has 0 fully saturated rings. The third-order valence-corrected chi connectivity index (χ3v) is 20.7. The molecule has 0 radical (unpaired) electrons. The molecule has 0 bridgehead atoms. The summed E-state index contributed by atoms with van der Waals surface area (Å²) >= 11 is 0. The summed E-state index contributed by atoms with van der Waals surface area (Å²) in [5.74, 6) is 0.555. The van der Waals surface area contributed by atoms with Crippen LogP contribution >= 0.6 is 0 Å². The van der Waals surface area contributed by atoms with E-state index >= 15 is 0 Å². The third-order valence-electron chi connectivity index (χ3n) is 20.7. The maximum absolute atomic E-state index is 7.94. The van der Waals surface area contributed by atoms with Crippen LogP contribution in [0.4, 0.5) is 34.1 Å². The molecule has 1 aliphatic carbocycles. The van der Waals surface area contributed by atoms with Crippen LogP contribution in [-0.2, 0) is 37.9 Å². The highest BCUT2D eigenvalue weighted by Crippen LogP contribution is 2.65. The Hall–Kier alpha value is -8.60. The van der Waals surface area contributed by atoms with Crippen molar-refractivity contribution in [2.45, 2.75) is 202 Å². The van der Waals surface area contributed by atoms with E-state index in [1.54, 1.807) is 0 Å². The van der Waals surface area contributed by atoms with E-state index in [-0.39, 0.29) is 44.3 Å². The second-order valence-electron chi connectivity index (χ2n) is 34.3. The van der Waals surface area contributed by atoms with Gasteiger partial charge in [-0.15, -0.1) is 0 Å². The van der Waals surface area contributed by atoms with Crippen LogP contribution in [0.15, 0.2) is 203 Å². The monoisotopic (exact) mass is 1250 g/mol. The molecule has 10 aromatic carbocycles. The Kier molecular flexibility index (Phi) is 15.6. The summed E-state index contributed by atoms with van der Waals surface area (Å²) in [4.78, 5) is 5.00. The van der Waals surface area contributed by atoms with Crippen LogP contribution in [0.3, 0.4) is 0 Å². The van der Waals surface area contributed by atoms with Crippen molar-refractivity contribution in [2.75, 3.05) is 9.80 Å². The van der Waals surface area contributed by atoms with Gasteiger partial charge in [-0.3, -0.25) is 0 Å². The fourth-order valence-electron chi connectivity index (χ4n) is 14.7. The van der Waals surface area contributed by atoms with E-state index in [4.69, 9.17) is 8.83 Å². The van der Waals surface area contributed by atoms with Crippen LogP contribution in [-0.4, -0.2) is 0 Å². The lowest BCUT2D eigenvalue weighted by Crippen LogP contribution is -2.30. The molecular weight excluding hydrogens is 1150 g/mol. The molecule has 0 saturated heterocycles. The zero-order chi connectivity index (χ0) is 68.0. The predicted molar refractivity (Wildman–Crippen MR) is 408 cm³/mol. The first-order chi connectivity index (χ1) is 44.5. The Morgan fingerprint density at radius 2 is 0.579 bits per heavy atom. The molecule has 12 aromatic rings. The van der Waals surface area contributed by atoms with Gasteiger partial charge in [-0.25, -0.2) is 0 Å². The van der Waals surface area contributed by atoms with Crippen molar-refractivity contribution in [3.05, 3.63) is 261 Å². The number of fused-ring (bicyclic) bond motifs is 11. The molecule has 4 heteroatoms. The predicted octanol–water partition coefficient (Wildman–Crippen LogP) is 26.8. The lowest BCUT2D eigenvalue weighted by atomic mass is 9.66. The fraction of sp³-hybridized carbons (Fsp3) is 0.341. The second kappa shape index (κ2) is 22.8. The number of anilines is 6. The minimum absolute atomic E-state index is 0.0526. The molecule has 0 N–H and O–H groups in total. The summed E-state index contributed by atoms with van der Waals surface area (Å²) < 4.78 is 15.7. The molecule has 0 atom stereocenters. The van der Waals surface area contributed by atoms with Crippen molar-refractivity contribution >= 4 is 78.0 Å². The Morgan fingerprint density at radius 3 is 0.905 bits per heavy atom. The van der Waals surface area contributed by atoms with Crippen LogP contribution in [0.25, 0.3) is 55.0 Å². The highest BCUT2D eigenvalue weighted by molar-refractivity contribution is 6.26. The average Bonchev–Trinajstić information content (AvgIpc) is 1.51. The molecular formula is C91H100N2O2. The van der Waals surface area contributed by atoms with Gasteiger partial charge in [0.25, 0.3) is 0 Å². The van der Waals surface area contributed by atoms with Crippen LogP contribution < -0.4 is 9.80 Å². The van der Waals surface area contributed by atoms with E-state index in [0.29, 0.717) is 0 Å². The summed E-state index contributed by atoms with van der Waals surface area (Å²) in [6, 6.07) is 75.7. The zero-order valence-corrected chi connectivity index (χ0v) is 60.8. The molecule has 13 rings (SSSR count). The normalized spacial score (nSPS) is 13.9. The van der Waals surface area contributed by atoms with Gasteiger partial charge >= 0.3 is 0 Å². The van der Waals surface area contributed by atoms with Gasteiger partial charge in [0, 0.05) is 50.0 Å². The maximum Gasteiger partial charge on any atom is 0.160 e. The number of hydrogen-bond acceptors (Lipinski definition) is 4. The molecule has 0 aliphatic heterocycles. The number of rotatable bonds is 10. The van der Waals surface area contributed by atoms with Gasteiger partial charge in [-0.05, 0) is 184 Å². The first kappa shape index (κ1) is 65.1. The smallest absolute Gasteiger partial charge is 0.160 e. The zero-order valence-electron chi connectivity index (χ0n) is 60.8. The molecule has 2 aromatic heterocycles. The topological polar surface area (TPSA) is 32.8 Å². The molecule has 486 valence electrons. The summed E-state index contributed by atoms with van der Waals surface area (Å²) in [5, 5.41) is 4.27. The first-order valence-electron chi connectivity index (χ1n) is 34.9.